The molecular weight excluding hydrogens is 375 g/mol. The number of carbonyl (C=O) groups is 1. The standard InChI is InChI=1S/C20H21FN6O2/c1-2-3-16(28)26-10-8-14(9-11-26)18-22-19-17(20(29)23-18)24-25-27(19)12-13-4-6-15(21)7-5-13/h2-7,14H,8-12H2,1H3,(H,22,23,29). The van der Waals surface area contributed by atoms with Crippen molar-refractivity contribution in [3.05, 3.63) is 64.0 Å². The summed E-state index contributed by atoms with van der Waals surface area (Å²) in [6.45, 7) is 3.38. The van der Waals surface area contributed by atoms with Crippen LogP contribution in [0.5, 0.6) is 0 Å². The second kappa shape index (κ2) is 7.94. The van der Waals surface area contributed by atoms with Gasteiger partial charge in [0.25, 0.3) is 5.56 Å². The first-order valence-electron chi connectivity index (χ1n) is 9.54. The summed E-state index contributed by atoms with van der Waals surface area (Å²) in [5.74, 6) is 0.331. The first-order chi connectivity index (χ1) is 14.0. The Kier molecular flexibility index (Phi) is 5.20. The summed E-state index contributed by atoms with van der Waals surface area (Å²) in [6, 6.07) is 6.08. The van der Waals surface area contributed by atoms with Crippen LogP contribution in [-0.4, -0.2) is 48.9 Å². The predicted octanol–water partition coefficient (Wildman–Crippen LogP) is 1.98. The van der Waals surface area contributed by atoms with Crippen molar-refractivity contribution in [1.82, 2.24) is 29.9 Å². The van der Waals surface area contributed by atoms with Gasteiger partial charge in [-0.15, -0.1) is 5.10 Å². The molecule has 3 aromatic rings. The number of fused-ring (bicyclic) bond motifs is 1. The molecule has 150 valence electrons. The minimum atomic E-state index is -0.331. The number of aromatic nitrogens is 5. The SMILES string of the molecule is CC=CC(=O)N1CCC(c2nc3c(nnn3Cc3ccc(F)cc3)c(=O)[nH]2)CC1. The zero-order chi connectivity index (χ0) is 20.4. The molecule has 0 aliphatic carbocycles. The fourth-order valence-corrected chi connectivity index (χ4v) is 3.57. The number of H-pyrrole nitrogens is 1. The fourth-order valence-electron chi connectivity index (χ4n) is 3.57. The molecular formula is C20H21FN6O2. The molecule has 1 saturated heterocycles. The molecule has 1 amide bonds. The Labute approximate surface area is 166 Å². The van der Waals surface area contributed by atoms with Crippen molar-refractivity contribution < 1.29 is 9.18 Å². The summed E-state index contributed by atoms with van der Waals surface area (Å²) in [5.41, 5.74) is 1.08. The Balaban J connectivity index is 1.57. The third-order valence-corrected chi connectivity index (χ3v) is 5.14. The topological polar surface area (TPSA) is 96.8 Å². The van der Waals surface area contributed by atoms with E-state index < -0.39 is 0 Å². The maximum Gasteiger partial charge on any atom is 0.281 e. The largest absolute Gasteiger partial charge is 0.339 e. The maximum absolute atomic E-state index is 13.1. The van der Waals surface area contributed by atoms with Gasteiger partial charge in [-0.1, -0.05) is 23.4 Å². The number of benzene rings is 1. The molecule has 3 heterocycles. The number of halogens is 1. The molecule has 0 saturated carbocycles. The number of nitrogens with zero attached hydrogens (tertiary/aromatic N) is 5. The number of rotatable bonds is 4. The number of piperidine rings is 1. The van der Waals surface area contributed by atoms with Crippen molar-refractivity contribution in [1.29, 1.82) is 0 Å². The van der Waals surface area contributed by atoms with Gasteiger partial charge < -0.3 is 9.88 Å². The first-order valence-corrected chi connectivity index (χ1v) is 9.54. The maximum atomic E-state index is 13.1. The average Bonchev–Trinajstić information content (AvgIpc) is 3.13. The molecule has 9 heteroatoms. The number of hydrogen-bond acceptors (Lipinski definition) is 5. The molecule has 1 fully saturated rings. The smallest absolute Gasteiger partial charge is 0.281 e. The highest BCUT2D eigenvalue weighted by Crippen LogP contribution is 2.25. The summed E-state index contributed by atoms with van der Waals surface area (Å²) in [6.07, 6.45) is 4.73. The number of aromatic amines is 1. The van der Waals surface area contributed by atoms with Crippen molar-refractivity contribution in [2.75, 3.05) is 13.1 Å². The lowest BCUT2D eigenvalue weighted by atomic mass is 9.96. The van der Waals surface area contributed by atoms with Gasteiger partial charge in [-0.25, -0.2) is 14.1 Å². The molecule has 1 aliphatic heterocycles. The van der Waals surface area contributed by atoms with E-state index in [4.69, 9.17) is 0 Å². The summed E-state index contributed by atoms with van der Waals surface area (Å²) >= 11 is 0. The van der Waals surface area contributed by atoms with E-state index in [-0.39, 0.29) is 28.7 Å². The van der Waals surface area contributed by atoms with E-state index in [9.17, 15) is 14.0 Å². The molecule has 4 rings (SSSR count). The van der Waals surface area contributed by atoms with Crippen molar-refractivity contribution >= 4 is 17.1 Å². The van der Waals surface area contributed by atoms with E-state index in [1.54, 1.807) is 33.9 Å². The van der Waals surface area contributed by atoms with Crippen molar-refractivity contribution in [2.45, 2.75) is 32.2 Å². The Bertz CT molecular complexity index is 1110. The molecule has 0 spiro atoms. The number of carbonyl (C=O) groups excluding carboxylic acids is 1. The number of hydrogen-bond donors (Lipinski definition) is 1. The highest BCUT2D eigenvalue weighted by molar-refractivity contribution is 5.87. The fraction of sp³-hybridized carbons (Fsp3) is 0.350. The van der Waals surface area contributed by atoms with Crippen LogP contribution in [0.15, 0.2) is 41.2 Å². The second-order valence-corrected chi connectivity index (χ2v) is 7.10. The molecule has 0 radical (unpaired) electrons. The molecule has 0 bridgehead atoms. The van der Waals surface area contributed by atoms with E-state index in [0.717, 1.165) is 18.4 Å². The van der Waals surface area contributed by atoms with Crippen LogP contribution in [0.2, 0.25) is 0 Å². The monoisotopic (exact) mass is 396 g/mol. The highest BCUT2D eigenvalue weighted by atomic mass is 19.1. The summed E-state index contributed by atoms with van der Waals surface area (Å²) in [7, 11) is 0. The van der Waals surface area contributed by atoms with Crippen LogP contribution in [0.3, 0.4) is 0 Å². The van der Waals surface area contributed by atoms with Gasteiger partial charge in [-0.3, -0.25) is 9.59 Å². The minimum absolute atomic E-state index is 0.00410. The molecule has 1 N–H and O–H groups in total. The number of amides is 1. The normalized spacial score (nSPS) is 15.4. The predicted molar refractivity (Wildman–Crippen MR) is 105 cm³/mol. The van der Waals surface area contributed by atoms with E-state index in [1.165, 1.54) is 12.1 Å². The Hall–Kier alpha value is -3.36. The van der Waals surface area contributed by atoms with E-state index in [0.29, 0.717) is 31.1 Å². The van der Waals surface area contributed by atoms with Gasteiger partial charge in [0.2, 0.25) is 5.91 Å². The van der Waals surface area contributed by atoms with Gasteiger partial charge >= 0.3 is 0 Å². The van der Waals surface area contributed by atoms with E-state index in [1.807, 2.05) is 6.92 Å². The lowest BCUT2D eigenvalue weighted by Crippen LogP contribution is -2.37. The molecule has 0 unspecified atom stereocenters. The highest BCUT2D eigenvalue weighted by Gasteiger charge is 2.25. The average molecular weight is 396 g/mol. The molecule has 0 atom stereocenters. The van der Waals surface area contributed by atoms with Crippen molar-refractivity contribution in [3.8, 4) is 0 Å². The molecule has 1 aliphatic rings. The third-order valence-electron chi connectivity index (χ3n) is 5.14. The van der Waals surface area contributed by atoms with Crippen LogP contribution in [0.25, 0.3) is 11.2 Å². The zero-order valence-corrected chi connectivity index (χ0v) is 16.0. The van der Waals surface area contributed by atoms with Crippen LogP contribution >= 0.6 is 0 Å². The third kappa shape index (κ3) is 3.94. The molecule has 2 aromatic heterocycles. The summed E-state index contributed by atoms with van der Waals surface area (Å²) in [5, 5.41) is 7.99. The van der Waals surface area contributed by atoms with Crippen molar-refractivity contribution in [3.63, 3.8) is 0 Å². The van der Waals surface area contributed by atoms with Gasteiger partial charge in [-0.05, 0) is 43.5 Å². The lowest BCUT2D eigenvalue weighted by molar-refractivity contribution is -0.127. The van der Waals surface area contributed by atoms with Gasteiger partial charge in [0.1, 0.15) is 11.6 Å². The van der Waals surface area contributed by atoms with Crippen molar-refractivity contribution in [2.24, 2.45) is 0 Å². The Morgan fingerprint density at radius 2 is 2.00 bits per heavy atom. The number of likely N-dealkylation sites (tertiary alicyclic amines) is 1. The van der Waals surface area contributed by atoms with Gasteiger partial charge in [-0.2, -0.15) is 0 Å². The van der Waals surface area contributed by atoms with Crippen LogP contribution in [0.1, 0.15) is 37.1 Å². The van der Waals surface area contributed by atoms with Crippen LogP contribution < -0.4 is 5.56 Å². The second-order valence-electron chi connectivity index (χ2n) is 7.10. The molecule has 29 heavy (non-hydrogen) atoms. The molecule has 1 aromatic carbocycles. The van der Waals surface area contributed by atoms with Crippen LogP contribution in [-0.2, 0) is 11.3 Å². The number of nitrogens with one attached hydrogen (secondary N) is 1. The molecule has 8 nitrogen and oxygen atoms in total. The Morgan fingerprint density at radius 3 is 2.69 bits per heavy atom. The van der Waals surface area contributed by atoms with Crippen LogP contribution in [0.4, 0.5) is 4.39 Å². The zero-order valence-electron chi connectivity index (χ0n) is 16.0. The summed E-state index contributed by atoms with van der Waals surface area (Å²) in [4.78, 5) is 33.7. The summed E-state index contributed by atoms with van der Waals surface area (Å²) < 4.78 is 14.7. The van der Waals surface area contributed by atoms with Crippen LogP contribution in [0, 0.1) is 5.82 Å². The lowest BCUT2D eigenvalue weighted by Gasteiger charge is -2.30. The Morgan fingerprint density at radius 1 is 1.28 bits per heavy atom. The minimum Gasteiger partial charge on any atom is -0.339 e. The number of allylic oxidation sites excluding steroid dienone is 1. The van der Waals surface area contributed by atoms with E-state index in [2.05, 4.69) is 20.3 Å². The van der Waals surface area contributed by atoms with E-state index >= 15 is 0 Å². The van der Waals surface area contributed by atoms with Gasteiger partial charge in [0.15, 0.2) is 11.2 Å². The first kappa shape index (κ1) is 19.0. The quantitative estimate of drug-likeness (QED) is 0.680. The van der Waals surface area contributed by atoms with Gasteiger partial charge in [0.05, 0.1) is 6.54 Å². The van der Waals surface area contributed by atoms with Gasteiger partial charge in [0, 0.05) is 19.0 Å².